The monoisotopic (exact) mass is 544 g/mol. The number of likely N-dealkylation sites (tertiary alicyclic amines) is 1. The number of carboxylic acids is 1. The van der Waals surface area contributed by atoms with Gasteiger partial charge in [-0.3, -0.25) is 24.6 Å². The van der Waals surface area contributed by atoms with Gasteiger partial charge in [0, 0.05) is 18.6 Å². The lowest BCUT2D eigenvalue weighted by Crippen LogP contribution is -2.56. The summed E-state index contributed by atoms with van der Waals surface area (Å²) in [6, 6.07) is 16.1. The van der Waals surface area contributed by atoms with Gasteiger partial charge in [0.25, 0.3) is 0 Å². The third-order valence-corrected chi connectivity index (χ3v) is 8.62. The summed E-state index contributed by atoms with van der Waals surface area (Å²) in [5.74, 6) is -3.70. The fraction of sp³-hybridized carbons (Fsp3) is 0.419. The Labute approximate surface area is 233 Å². The fourth-order valence-corrected chi connectivity index (χ4v) is 6.69. The molecule has 1 aliphatic carbocycles. The summed E-state index contributed by atoms with van der Waals surface area (Å²) in [5.41, 5.74) is 6.33. The molecule has 0 aromatic heterocycles. The zero-order chi connectivity index (χ0) is 28.3. The lowest BCUT2D eigenvalue weighted by atomic mass is 9.77. The number of carboxylic acid groups (broad SMARTS) is 1. The molecule has 0 spiro atoms. The zero-order valence-electron chi connectivity index (χ0n) is 22.4. The van der Waals surface area contributed by atoms with E-state index in [0.717, 1.165) is 48.8 Å². The van der Waals surface area contributed by atoms with E-state index in [1.807, 2.05) is 66.7 Å². The molecule has 1 saturated carbocycles. The lowest BCUT2D eigenvalue weighted by Gasteiger charge is -2.34. The number of fused-ring (bicyclic) bond motifs is 1. The summed E-state index contributed by atoms with van der Waals surface area (Å²) >= 11 is 0. The third kappa shape index (κ3) is 5.25. The molecule has 3 fully saturated rings. The molecular weight excluding hydrogens is 508 g/mol. The van der Waals surface area contributed by atoms with Crippen LogP contribution in [0.25, 0.3) is 12.2 Å². The second-order valence-electron chi connectivity index (χ2n) is 11.0. The van der Waals surface area contributed by atoms with Crippen LogP contribution in [0, 0.1) is 11.8 Å². The van der Waals surface area contributed by atoms with E-state index in [4.69, 9.17) is 5.73 Å². The summed E-state index contributed by atoms with van der Waals surface area (Å²) in [5, 5.41) is 16.3. The van der Waals surface area contributed by atoms with E-state index in [2.05, 4.69) is 10.6 Å². The van der Waals surface area contributed by atoms with Crippen LogP contribution in [0.3, 0.4) is 0 Å². The fourth-order valence-electron chi connectivity index (χ4n) is 6.69. The van der Waals surface area contributed by atoms with E-state index in [-0.39, 0.29) is 31.3 Å². The number of urea groups is 1. The van der Waals surface area contributed by atoms with Crippen molar-refractivity contribution in [2.75, 3.05) is 6.54 Å². The molecule has 2 aliphatic heterocycles. The second kappa shape index (κ2) is 11.6. The van der Waals surface area contributed by atoms with Gasteiger partial charge in [-0.25, -0.2) is 4.79 Å². The molecular formula is C31H36N4O5. The molecule has 2 heterocycles. The van der Waals surface area contributed by atoms with Gasteiger partial charge in [-0.05, 0) is 42.4 Å². The van der Waals surface area contributed by atoms with Crippen LogP contribution in [-0.4, -0.2) is 51.9 Å². The summed E-state index contributed by atoms with van der Waals surface area (Å²) in [7, 11) is 0. The average molecular weight is 545 g/mol. The van der Waals surface area contributed by atoms with Crippen LogP contribution in [0.5, 0.6) is 0 Å². The van der Waals surface area contributed by atoms with Crippen LogP contribution < -0.4 is 16.4 Å². The van der Waals surface area contributed by atoms with Crippen LogP contribution in [0.1, 0.15) is 67.7 Å². The minimum Gasteiger partial charge on any atom is -0.480 e. The highest BCUT2D eigenvalue weighted by Gasteiger charge is 2.68. The number of hydrogen-bond acceptors (Lipinski definition) is 5. The van der Waals surface area contributed by atoms with E-state index in [0.29, 0.717) is 0 Å². The predicted molar refractivity (Wildman–Crippen MR) is 151 cm³/mol. The lowest BCUT2D eigenvalue weighted by molar-refractivity contribution is -0.153. The van der Waals surface area contributed by atoms with Gasteiger partial charge in [0.2, 0.25) is 11.8 Å². The first-order valence-electron chi connectivity index (χ1n) is 14.1. The van der Waals surface area contributed by atoms with Gasteiger partial charge in [0.15, 0.2) is 0 Å². The van der Waals surface area contributed by atoms with E-state index < -0.39 is 41.3 Å². The number of imide groups is 1. The number of carbonyl (C=O) groups excluding carboxylic acids is 3. The Hall–Kier alpha value is -3.98. The first kappa shape index (κ1) is 27.6. The van der Waals surface area contributed by atoms with Crippen LogP contribution in [0.4, 0.5) is 4.79 Å². The van der Waals surface area contributed by atoms with Crippen molar-refractivity contribution in [1.82, 2.24) is 15.5 Å². The highest BCUT2D eigenvalue weighted by molar-refractivity contribution is 6.09. The zero-order valence-corrected chi connectivity index (χ0v) is 22.4. The Balaban J connectivity index is 1.46. The maximum Gasteiger partial charge on any atom is 0.324 e. The van der Waals surface area contributed by atoms with Crippen LogP contribution in [0.15, 0.2) is 54.6 Å². The van der Waals surface area contributed by atoms with Crippen molar-refractivity contribution >= 4 is 36.0 Å². The van der Waals surface area contributed by atoms with Gasteiger partial charge < -0.3 is 16.2 Å². The standard InChI is InChI=1S/C31H36N4O5/c32-30(40)33-19-7-18-31(29(38)39)25-24(27(36)35(28(25)37)23-10-5-2-6-11-23)26(34-31)22-16-14-21(15-17-22)13-12-20-8-3-1-4-9-20/h1,3-4,8-9,12-17,23-26,34H,2,5-7,10-11,18-19H2,(H,38,39)(H3,32,33,40)/b13-12+. The molecule has 3 aliphatic rings. The first-order valence-corrected chi connectivity index (χ1v) is 14.1. The van der Waals surface area contributed by atoms with Crippen LogP contribution >= 0.6 is 0 Å². The van der Waals surface area contributed by atoms with Gasteiger partial charge in [-0.1, -0.05) is 86.0 Å². The summed E-state index contributed by atoms with van der Waals surface area (Å²) in [6.45, 7) is 0.172. The highest BCUT2D eigenvalue weighted by Crippen LogP contribution is 2.51. The van der Waals surface area contributed by atoms with E-state index in [9.17, 15) is 24.3 Å². The van der Waals surface area contributed by atoms with E-state index in [1.165, 1.54) is 4.90 Å². The number of primary amides is 1. The molecule has 4 atom stereocenters. The molecule has 5 rings (SSSR count). The number of amides is 4. The Morgan fingerprint density at radius 2 is 1.62 bits per heavy atom. The molecule has 0 radical (unpaired) electrons. The molecule has 5 N–H and O–H groups in total. The van der Waals surface area contributed by atoms with Crippen LogP contribution in [0.2, 0.25) is 0 Å². The summed E-state index contributed by atoms with van der Waals surface area (Å²) in [4.78, 5) is 53.3. The molecule has 0 bridgehead atoms. The minimum atomic E-state index is -1.64. The summed E-state index contributed by atoms with van der Waals surface area (Å²) < 4.78 is 0. The van der Waals surface area contributed by atoms with E-state index in [1.54, 1.807) is 0 Å². The highest BCUT2D eigenvalue weighted by atomic mass is 16.4. The molecule has 2 aromatic rings. The van der Waals surface area contributed by atoms with E-state index >= 15 is 0 Å². The molecule has 9 heteroatoms. The van der Waals surface area contributed by atoms with Crippen molar-refractivity contribution < 1.29 is 24.3 Å². The van der Waals surface area contributed by atoms with Crippen molar-refractivity contribution in [3.8, 4) is 0 Å². The second-order valence-corrected chi connectivity index (χ2v) is 11.0. The van der Waals surface area contributed by atoms with Gasteiger partial charge >= 0.3 is 12.0 Å². The number of nitrogens with one attached hydrogen (secondary N) is 2. The number of hydrogen-bond donors (Lipinski definition) is 4. The first-order chi connectivity index (χ1) is 19.3. The van der Waals surface area contributed by atoms with Crippen molar-refractivity contribution in [1.29, 1.82) is 0 Å². The Morgan fingerprint density at radius 1 is 0.975 bits per heavy atom. The van der Waals surface area contributed by atoms with Crippen LogP contribution in [-0.2, 0) is 14.4 Å². The summed E-state index contributed by atoms with van der Waals surface area (Å²) in [6.07, 6.45) is 8.81. The van der Waals surface area contributed by atoms with Crippen molar-refractivity contribution in [2.45, 2.75) is 62.6 Å². The average Bonchev–Trinajstić information content (AvgIpc) is 3.45. The van der Waals surface area contributed by atoms with Crippen molar-refractivity contribution in [2.24, 2.45) is 17.6 Å². The van der Waals surface area contributed by atoms with Gasteiger partial charge in [-0.15, -0.1) is 0 Å². The van der Waals surface area contributed by atoms with Crippen molar-refractivity contribution in [3.05, 3.63) is 71.3 Å². The normalized spacial score (nSPS) is 26.8. The number of nitrogens with zero attached hydrogens (tertiary/aromatic N) is 1. The quantitative estimate of drug-likeness (QED) is 0.215. The topological polar surface area (TPSA) is 142 Å². The smallest absolute Gasteiger partial charge is 0.324 e. The largest absolute Gasteiger partial charge is 0.480 e. The number of nitrogens with two attached hydrogens (primary N) is 1. The van der Waals surface area contributed by atoms with Crippen molar-refractivity contribution in [3.63, 3.8) is 0 Å². The molecule has 2 aromatic carbocycles. The number of aliphatic carboxylic acids is 1. The molecule has 40 heavy (non-hydrogen) atoms. The minimum absolute atomic E-state index is 0.0652. The van der Waals surface area contributed by atoms with Gasteiger partial charge in [0.05, 0.1) is 11.8 Å². The maximum atomic E-state index is 13.9. The number of carbonyl (C=O) groups is 4. The Kier molecular flexibility index (Phi) is 8.02. The SMILES string of the molecule is NC(=O)NCCCC1(C(=O)O)NC(c2ccc(/C=C/c3ccccc3)cc2)C2C(=O)N(C3CCCCC3)C(=O)C21. The third-order valence-electron chi connectivity index (χ3n) is 8.62. The molecule has 4 unspecified atom stereocenters. The molecule has 4 amide bonds. The molecule has 210 valence electrons. The Bertz CT molecular complexity index is 1290. The maximum absolute atomic E-state index is 13.9. The Morgan fingerprint density at radius 3 is 2.25 bits per heavy atom. The number of rotatable bonds is 9. The van der Waals surface area contributed by atoms with Gasteiger partial charge in [-0.2, -0.15) is 0 Å². The molecule has 9 nitrogen and oxygen atoms in total. The molecule has 2 saturated heterocycles. The van der Waals surface area contributed by atoms with Gasteiger partial charge in [0.1, 0.15) is 5.54 Å². The predicted octanol–water partition coefficient (Wildman–Crippen LogP) is 3.71. The number of benzene rings is 2.